The van der Waals surface area contributed by atoms with Crippen LogP contribution >= 0.6 is 0 Å². The van der Waals surface area contributed by atoms with Crippen molar-refractivity contribution in [1.82, 2.24) is 0 Å². The Labute approximate surface area is 129 Å². The molecular formula is C20H17FO. The van der Waals surface area contributed by atoms with Gasteiger partial charge in [-0.2, -0.15) is 0 Å². The van der Waals surface area contributed by atoms with E-state index in [1.807, 2.05) is 60.7 Å². The fraction of sp³-hybridized carbons (Fsp3) is 0.100. The van der Waals surface area contributed by atoms with E-state index in [1.165, 1.54) is 6.07 Å². The molecule has 0 bridgehead atoms. The highest BCUT2D eigenvalue weighted by molar-refractivity contribution is 5.38. The van der Waals surface area contributed by atoms with E-state index < -0.39 is 5.60 Å². The predicted molar refractivity (Wildman–Crippen MR) is 86.0 cm³/mol. The van der Waals surface area contributed by atoms with E-state index in [-0.39, 0.29) is 12.2 Å². The number of hydrogen-bond acceptors (Lipinski definition) is 1. The average molecular weight is 292 g/mol. The summed E-state index contributed by atoms with van der Waals surface area (Å²) in [7, 11) is 0. The van der Waals surface area contributed by atoms with E-state index in [9.17, 15) is 9.50 Å². The Balaban J connectivity index is 2.10. The molecule has 0 aliphatic carbocycles. The van der Waals surface area contributed by atoms with Gasteiger partial charge in [-0.25, -0.2) is 4.39 Å². The molecular weight excluding hydrogens is 275 g/mol. The highest BCUT2D eigenvalue weighted by Gasteiger charge is 2.32. The summed E-state index contributed by atoms with van der Waals surface area (Å²) in [6.07, 6.45) is 0.188. The van der Waals surface area contributed by atoms with E-state index in [1.54, 1.807) is 18.2 Å². The molecule has 1 N–H and O–H groups in total. The lowest BCUT2D eigenvalue weighted by Crippen LogP contribution is -2.30. The molecule has 0 aliphatic heterocycles. The minimum absolute atomic E-state index is 0.188. The fourth-order valence-corrected chi connectivity index (χ4v) is 2.72. The first-order chi connectivity index (χ1) is 10.7. The largest absolute Gasteiger partial charge is 0.380 e. The molecule has 0 radical (unpaired) electrons. The maximum Gasteiger partial charge on any atom is 0.126 e. The highest BCUT2D eigenvalue weighted by Crippen LogP contribution is 2.33. The Morgan fingerprint density at radius 2 is 1.14 bits per heavy atom. The first-order valence-corrected chi connectivity index (χ1v) is 7.27. The van der Waals surface area contributed by atoms with E-state index in [0.29, 0.717) is 5.56 Å². The van der Waals surface area contributed by atoms with Gasteiger partial charge in [0.1, 0.15) is 11.4 Å². The smallest absolute Gasteiger partial charge is 0.126 e. The van der Waals surface area contributed by atoms with Crippen LogP contribution in [0.1, 0.15) is 16.7 Å². The second kappa shape index (κ2) is 6.12. The van der Waals surface area contributed by atoms with Crippen LogP contribution in [0.25, 0.3) is 0 Å². The zero-order valence-corrected chi connectivity index (χ0v) is 12.1. The molecule has 0 fully saturated rings. The van der Waals surface area contributed by atoms with Crippen molar-refractivity contribution in [2.45, 2.75) is 12.0 Å². The SMILES string of the molecule is OC(Cc1ccccc1F)(c1ccccc1)c1ccccc1. The molecule has 2 heteroatoms. The van der Waals surface area contributed by atoms with Crippen molar-refractivity contribution in [3.8, 4) is 0 Å². The van der Waals surface area contributed by atoms with E-state index in [2.05, 4.69) is 0 Å². The average Bonchev–Trinajstić information content (AvgIpc) is 2.58. The van der Waals surface area contributed by atoms with Gasteiger partial charge in [0.05, 0.1) is 0 Å². The summed E-state index contributed by atoms with van der Waals surface area (Å²) in [6.45, 7) is 0. The van der Waals surface area contributed by atoms with E-state index >= 15 is 0 Å². The molecule has 0 amide bonds. The number of aliphatic hydroxyl groups is 1. The van der Waals surface area contributed by atoms with Crippen LogP contribution in [0.4, 0.5) is 4.39 Å². The van der Waals surface area contributed by atoms with Crippen LogP contribution in [0, 0.1) is 5.82 Å². The van der Waals surface area contributed by atoms with Gasteiger partial charge in [-0.05, 0) is 22.8 Å². The number of hydrogen-bond donors (Lipinski definition) is 1. The third-order valence-electron chi connectivity index (χ3n) is 3.91. The van der Waals surface area contributed by atoms with Crippen LogP contribution in [0.15, 0.2) is 84.9 Å². The van der Waals surface area contributed by atoms with Gasteiger partial charge < -0.3 is 5.11 Å². The van der Waals surface area contributed by atoms with Crippen LogP contribution in [-0.4, -0.2) is 5.11 Å². The number of benzene rings is 3. The zero-order chi connectivity index (χ0) is 15.4. The highest BCUT2D eigenvalue weighted by atomic mass is 19.1. The lowest BCUT2D eigenvalue weighted by molar-refractivity contribution is 0.0801. The molecule has 0 unspecified atom stereocenters. The van der Waals surface area contributed by atoms with Crippen molar-refractivity contribution in [1.29, 1.82) is 0 Å². The van der Waals surface area contributed by atoms with Gasteiger partial charge in [0.15, 0.2) is 0 Å². The van der Waals surface area contributed by atoms with E-state index in [4.69, 9.17) is 0 Å². The fourth-order valence-electron chi connectivity index (χ4n) is 2.72. The maximum absolute atomic E-state index is 14.0. The van der Waals surface area contributed by atoms with E-state index in [0.717, 1.165) is 11.1 Å². The predicted octanol–water partition coefficient (Wildman–Crippen LogP) is 4.30. The first kappa shape index (κ1) is 14.5. The summed E-state index contributed by atoms with van der Waals surface area (Å²) in [5, 5.41) is 11.4. The quantitative estimate of drug-likeness (QED) is 0.760. The number of halogens is 1. The lowest BCUT2D eigenvalue weighted by Gasteiger charge is -2.30. The Bertz CT molecular complexity index is 698. The van der Waals surface area contributed by atoms with Gasteiger partial charge in [0.25, 0.3) is 0 Å². The van der Waals surface area contributed by atoms with Crippen molar-refractivity contribution in [3.05, 3.63) is 107 Å². The van der Waals surface area contributed by atoms with Gasteiger partial charge in [0, 0.05) is 6.42 Å². The summed E-state index contributed by atoms with van der Waals surface area (Å²) >= 11 is 0. The molecule has 1 nitrogen and oxygen atoms in total. The summed E-state index contributed by atoms with van der Waals surface area (Å²) < 4.78 is 14.0. The number of rotatable bonds is 4. The van der Waals surface area contributed by atoms with Crippen LogP contribution in [-0.2, 0) is 12.0 Å². The second-order valence-corrected chi connectivity index (χ2v) is 5.36. The molecule has 0 spiro atoms. The summed E-state index contributed by atoms with van der Waals surface area (Å²) in [5.41, 5.74) is 0.747. The van der Waals surface area contributed by atoms with Crippen molar-refractivity contribution in [2.24, 2.45) is 0 Å². The van der Waals surface area contributed by atoms with Gasteiger partial charge in [-0.15, -0.1) is 0 Å². The lowest BCUT2D eigenvalue weighted by atomic mass is 9.81. The maximum atomic E-state index is 14.0. The van der Waals surface area contributed by atoms with Crippen LogP contribution in [0.2, 0.25) is 0 Å². The third kappa shape index (κ3) is 2.78. The van der Waals surface area contributed by atoms with Gasteiger partial charge >= 0.3 is 0 Å². The van der Waals surface area contributed by atoms with Gasteiger partial charge in [-0.1, -0.05) is 78.9 Å². The molecule has 3 rings (SSSR count). The van der Waals surface area contributed by atoms with Crippen LogP contribution in [0.3, 0.4) is 0 Å². The Morgan fingerprint density at radius 1 is 0.682 bits per heavy atom. The summed E-state index contributed by atoms with van der Waals surface area (Å²) in [6, 6.07) is 25.4. The normalized spacial score (nSPS) is 11.4. The molecule has 3 aromatic carbocycles. The third-order valence-corrected chi connectivity index (χ3v) is 3.91. The molecule has 0 atom stereocenters. The molecule has 0 saturated heterocycles. The minimum atomic E-state index is -1.26. The monoisotopic (exact) mass is 292 g/mol. The molecule has 0 aromatic heterocycles. The van der Waals surface area contributed by atoms with Gasteiger partial charge in [-0.3, -0.25) is 0 Å². The molecule has 0 aliphatic rings. The standard InChI is InChI=1S/C20H17FO/c21-19-14-8-7-9-16(19)15-20(22,17-10-3-1-4-11-17)18-12-5-2-6-13-18/h1-14,22H,15H2. The summed E-state index contributed by atoms with van der Waals surface area (Å²) in [4.78, 5) is 0. The topological polar surface area (TPSA) is 20.2 Å². The minimum Gasteiger partial charge on any atom is -0.380 e. The zero-order valence-electron chi connectivity index (χ0n) is 12.1. The first-order valence-electron chi connectivity index (χ1n) is 7.27. The van der Waals surface area contributed by atoms with Crippen LogP contribution in [0.5, 0.6) is 0 Å². The van der Waals surface area contributed by atoms with Crippen molar-refractivity contribution in [3.63, 3.8) is 0 Å². The molecule has 22 heavy (non-hydrogen) atoms. The van der Waals surface area contributed by atoms with Crippen LogP contribution < -0.4 is 0 Å². The summed E-state index contributed by atoms with van der Waals surface area (Å²) in [5.74, 6) is -0.298. The molecule has 0 heterocycles. The Morgan fingerprint density at radius 3 is 1.64 bits per heavy atom. The van der Waals surface area contributed by atoms with Crippen molar-refractivity contribution >= 4 is 0 Å². The Kier molecular flexibility index (Phi) is 4.03. The van der Waals surface area contributed by atoms with Crippen molar-refractivity contribution < 1.29 is 9.50 Å². The molecule has 3 aromatic rings. The second-order valence-electron chi connectivity index (χ2n) is 5.36. The van der Waals surface area contributed by atoms with Gasteiger partial charge in [0.2, 0.25) is 0 Å². The Hall–Kier alpha value is -2.45. The molecule has 110 valence electrons. The molecule has 0 saturated carbocycles. The van der Waals surface area contributed by atoms with Crippen molar-refractivity contribution in [2.75, 3.05) is 0 Å².